The van der Waals surface area contributed by atoms with Crippen LogP contribution in [0.25, 0.3) is 0 Å². The van der Waals surface area contributed by atoms with E-state index < -0.39 is 14.9 Å². The van der Waals surface area contributed by atoms with Gasteiger partial charge in [-0.2, -0.15) is 0 Å². The first-order valence-corrected chi connectivity index (χ1v) is 9.42. The maximum atomic E-state index is 12.0. The summed E-state index contributed by atoms with van der Waals surface area (Å²) in [6.45, 7) is 2.60. The van der Waals surface area contributed by atoms with Crippen LogP contribution in [0.5, 0.6) is 0 Å². The first-order valence-electron chi connectivity index (χ1n) is 7.81. The lowest BCUT2D eigenvalue weighted by molar-refractivity contribution is -0.385. The highest BCUT2D eigenvalue weighted by atomic mass is 32.2. The largest absolute Gasteiger partial charge is 0.366 e. The minimum Gasteiger partial charge on any atom is -0.366 e. The Hall–Kier alpha value is -2.68. The maximum Gasteiger partial charge on any atom is 0.290 e. The van der Waals surface area contributed by atoms with E-state index in [2.05, 4.69) is 10.3 Å². The number of anilines is 2. The van der Waals surface area contributed by atoms with Gasteiger partial charge in [0.2, 0.25) is 10.0 Å². The summed E-state index contributed by atoms with van der Waals surface area (Å²) in [6, 6.07) is 8.92. The number of nitrogens with zero attached hydrogens (tertiary/aromatic N) is 3. The molecule has 1 fully saturated rings. The third-order valence-corrected chi connectivity index (χ3v) is 5.92. The number of nitro groups is 1. The zero-order chi connectivity index (χ0) is 18.0. The van der Waals surface area contributed by atoms with Gasteiger partial charge in [-0.15, -0.1) is 0 Å². The Morgan fingerprint density at radius 3 is 2.80 bits per heavy atom. The summed E-state index contributed by atoms with van der Waals surface area (Å²) in [4.78, 5) is 14.4. The van der Waals surface area contributed by atoms with E-state index in [0.717, 1.165) is 5.56 Å². The molecule has 0 unspecified atom stereocenters. The van der Waals surface area contributed by atoms with Crippen LogP contribution >= 0.6 is 0 Å². The van der Waals surface area contributed by atoms with Gasteiger partial charge in [0.25, 0.3) is 5.69 Å². The molecular formula is C16H18N4O4S. The van der Waals surface area contributed by atoms with Crippen molar-refractivity contribution in [2.45, 2.75) is 19.9 Å². The molecule has 0 bridgehead atoms. The molecule has 1 aliphatic heterocycles. The molecule has 3 rings (SSSR count). The highest BCUT2D eigenvalue weighted by Crippen LogP contribution is 2.25. The van der Waals surface area contributed by atoms with E-state index in [0.29, 0.717) is 36.6 Å². The normalized spacial score (nSPS) is 16.0. The topological polar surface area (TPSA) is 105 Å². The van der Waals surface area contributed by atoms with Crippen molar-refractivity contribution >= 4 is 27.2 Å². The number of hydrogen-bond acceptors (Lipinski definition) is 6. The molecular weight excluding hydrogens is 344 g/mol. The molecule has 25 heavy (non-hydrogen) atoms. The van der Waals surface area contributed by atoms with Gasteiger partial charge in [-0.25, -0.2) is 13.4 Å². The Labute approximate surface area is 145 Å². The van der Waals surface area contributed by atoms with Gasteiger partial charge in [0.1, 0.15) is 12.0 Å². The molecule has 0 aliphatic carbocycles. The van der Waals surface area contributed by atoms with Gasteiger partial charge in [-0.3, -0.25) is 14.4 Å². The van der Waals surface area contributed by atoms with Crippen LogP contribution in [0, 0.1) is 17.0 Å². The molecule has 0 amide bonds. The van der Waals surface area contributed by atoms with Gasteiger partial charge in [0.15, 0.2) is 0 Å². The van der Waals surface area contributed by atoms with E-state index in [1.54, 1.807) is 19.1 Å². The Kier molecular flexibility index (Phi) is 4.58. The fraction of sp³-hybridized carbons (Fsp3) is 0.312. The standard InChI is InChI=1S/C16H18N4O4S/c1-12-8-16(18-11-15(12)20(21)22)17-10-13-4-2-5-14(9-13)19-6-3-7-25(19,23)24/h2,4-5,8-9,11H,3,6-7,10H2,1H3,(H,17,18). The van der Waals surface area contributed by atoms with E-state index in [-0.39, 0.29) is 11.4 Å². The smallest absolute Gasteiger partial charge is 0.290 e. The molecule has 8 nitrogen and oxygen atoms in total. The Morgan fingerprint density at radius 2 is 2.16 bits per heavy atom. The number of rotatable bonds is 5. The minimum absolute atomic E-state index is 0.0215. The number of sulfonamides is 1. The first-order chi connectivity index (χ1) is 11.9. The molecule has 132 valence electrons. The van der Waals surface area contributed by atoms with Crippen molar-refractivity contribution in [2.75, 3.05) is 21.9 Å². The first kappa shape index (κ1) is 17.2. The average molecular weight is 362 g/mol. The van der Waals surface area contributed by atoms with E-state index in [1.165, 1.54) is 10.5 Å². The van der Waals surface area contributed by atoms with E-state index >= 15 is 0 Å². The predicted molar refractivity (Wildman–Crippen MR) is 95.1 cm³/mol. The van der Waals surface area contributed by atoms with Crippen LogP contribution in [0.15, 0.2) is 36.5 Å². The lowest BCUT2D eigenvalue weighted by Crippen LogP contribution is -2.25. The van der Waals surface area contributed by atoms with Gasteiger partial charge in [0.05, 0.1) is 16.4 Å². The summed E-state index contributed by atoms with van der Waals surface area (Å²) in [5, 5.41) is 13.9. The summed E-state index contributed by atoms with van der Waals surface area (Å²) in [6.07, 6.45) is 1.86. The lowest BCUT2D eigenvalue weighted by atomic mass is 10.2. The molecule has 0 spiro atoms. The molecule has 1 aromatic heterocycles. The predicted octanol–water partition coefficient (Wildman–Crippen LogP) is 2.45. The molecule has 1 aliphatic rings. The van der Waals surface area contributed by atoms with Crippen LogP contribution in [-0.4, -0.2) is 30.6 Å². The monoisotopic (exact) mass is 362 g/mol. The third-order valence-electron chi connectivity index (χ3n) is 4.05. The van der Waals surface area contributed by atoms with E-state index in [9.17, 15) is 18.5 Å². The van der Waals surface area contributed by atoms with Crippen LogP contribution in [0.3, 0.4) is 0 Å². The number of pyridine rings is 1. The van der Waals surface area contributed by atoms with Crippen molar-refractivity contribution in [1.29, 1.82) is 0 Å². The van der Waals surface area contributed by atoms with Gasteiger partial charge in [0, 0.05) is 18.7 Å². The zero-order valence-electron chi connectivity index (χ0n) is 13.7. The van der Waals surface area contributed by atoms with Crippen molar-refractivity contribution in [1.82, 2.24) is 4.98 Å². The lowest BCUT2D eigenvalue weighted by Gasteiger charge is -2.17. The number of benzene rings is 1. The van der Waals surface area contributed by atoms with Crippen LogP contribution in [-0.2, 0) is 16.6 Å². The van der Waals surface area contributed by atoms with Gasteiger partial charge in [-0.1, -0.05) is 12.1 Å². The van der Waals surface area contributed by atoms with Gasteiger partial charge in [-0.05, 0) is 37.1 Å². The number of hydrogen-bond donors (Lipinski definition) is 1. The highest BCUT2D eigenvalue weighted by Gasteiger charge is 2.28. The molecule has 9 heteroatoms. The second-order valence-electron chi connectivity index (χ2n) is 5.88. The molecule has 2 aromatic rings. The number of nitrogens with one attached hydrogen (secondary N) is 1. The summed E-state index contributed by atoms with van der Waals surface area (Å²) in [5.74, 6) is 0.712. The molecule has 2 heterocycles. The molecule has 0 saturated carbocycles. The van der Waals surface area contributed by atoms with Gasteiger partial charge < -0.3 is 5.32 Å². The minimum atomic E-state index is -3.21. The fourth-order valence-corrected chi connectivity index (χ4v) is 4.34. The highest BCUT2D eigenvalue weighted by molar-refractivity contribution is 7.93. The van der Waals surface area contributed by atoms with Crippen molar-refractivity contribution in [2.24, 2.45) is 0 Å². The van der Waals surface area contributed by atoms with Crippen LogP contribution in [0.1, 0.15) is 17.5 Å². The average Bonchev–Trinajstić information content (AvgIpc) is 2.92. The Balaban J connectivity index is 1.73. The SMILES string of the molecule is Cc1cc(NCc2cccc(N3CCCS3(=O)=O)c2)ncc1[N+](=O)[O-]. The van der Waals surface area contributed by atoms with Gasteiger partial charge >= 0.3 is 0 Å². The van der Waals surface area contributed by atoms with Crippen molar-refractivity contribution in [3.8, 4) is 0 Å². The molecule has 0 radical (unpaired) electrons. The van der Waals surface area contributed by atoms with Crippen molar-refractivity contribution in [3.05, 3.63) is 57.8 Å². The Morgan fingerprint density at radius 1 is 1.36 bits per heavy atom. The summed E-state index contributed by atoms with van der Waals surface area (Å²) < 4.78 is 25.5. The number of aromatic nitrogens is 1. The second kappa shape index (κ2) is 6.67. The van der Waals surface area contributed by atoms with E-state index in [4.69, 9.17) is 0 Å². The van der Waals surface area contributed by atoms with Crippen LogP contribution in [0.2, 0.25) is 0 Å². The quantitative estimate of drug-likeness (QED) is 0.647. The van der Waals surface area contributed by atoms with Crippen molar-refractivity contribution < 1.29 is 13.3 Å². The molecule has 1 saturated heterocycles. The van der Waals surface area contributed by atoms with Crippen LogP contribution < -0.4 is 9.62 Å². The van der Waals surface area contributed by atoms with Crippen molar-refractivity contribution in [3.63, 3.8) is 0 Å². The molecule has 1 aromatic carbocycles. The molecule has 1 N–H and O–H groups in total. The maximum absolute atomic E-state index is 12.0. The number of aryl methyl sites for hydroxylation is 1. The zero-order valence-corrected chi connectivity index (χ0v) is 14.5. The van der Waals surface area contributed by atoms with Crippen LogP contribution in [0.4, 0.5) is 17.2 Å². The Bertz CT molecular complexity index is 914. The summed E-state index contributed by atoms with van der Waals surface area (Å²) >= 11 is 0. The molecule has 0 atom stereocenters. The summed E-state index contributed by atoms with van der Waals surface area (Å²) in [7, 11) is -3.21. The fourth-order valence-electron chi connectivity index (χ4n) is 2.78. The van der Waals surface area contributed by atoms with E-state index in [1.807, 2.05) is 18.2 Å². The second-order valence-corrected chi connectivity index (χ2v) is 7.89. The third kappa shape index (κ3) is 3.71. The summed E-state index contributed by atoms with van der Waals surface area (Å²) in [5.41, 5.74) is 2.06.